The molecule has 0 fully saturated rings. The van der Waals surface area contributed by atoms with E-state index in [1.165, 1.54) is 0 Å². The van der Waals surface area contributed by atoms with Gasteiger partial charge in [0, 0.05) is 58.5 Å². The number of hydrogen-bond acceptors (Lipinski definition) is 12. The Labute approximate surface area is 336 Å². The molecule has 7 rings (SSSR count). The van der Waals surface area contributed by atoms with Crippen molar-refractivity contribution in [3.05, 3.63) is 116 Å². The van der Waals surface area contributed by atoms with Gasteiger partial charge in [-0.2, -0.15) is 15.0 Å². The highest BCUT2D eigenvalue weighted by Crippen LogP contribution is 2.25. The SMILES string of the molecule is Cn1cc[n+](C)c1N=Nc1ccc(Nc2ccc(Nc3nc(NCCCn4ccnc4)nc(Nc4ccc(N=Nc5n(C)cc[n+]5C)cc4)n3)cc2)cc1.[Cl-].[Cl-]. The number of nitrogens with zero attached hydrogens (tertiary/aromatic N) is 13. The molecule has 4 aromatic heterocycles. The minimum absolute atomic E-state index is 0. The van der Waals surface area contributed by atoms with Gasteiger partial charge in [-0.05, 0) is 79.2 Å². The first-order valence-electron chi connectivity index (χ1n) is 17.3. The van der Waals surface area contributed by atoms with Crippen LogP contribution in [0.1, 0.15) is 6.42 Å². The van der Waals surface area contributed by atoms with Crippen molar-refractivity contribution >= 4 is 63.9 Å². The second-order valence-electron chi connectivity index (χ2n) is 12.5. The van der Waals surface area contributed by atoms with Gasteiger partial charge in [-0.3, -0.25) is 0 Å². The van der Waals surface area contributed by atoms with E-state index < -0.39 is 0 Å². The van der Waals surface area contributed by atoms with Gasteiger partial charge in [-0.1, -0.05) is 10.2 Å². The summed E-state index contributed by atoms with van der Waals surface area (Å²) in [5, 5.41) is 30.9. The third kappa shape index (κ3) is 10.7. The fourth-order valence-electron chi connectivity index (χ4n) is 5.38. The van der Waals surface area contributed by atoms with E-state index in [9.17, 15) is 0 Å². The third-order valence-electron chi connectivity index (χ3n) is 8.29. The molecule has 0 saturated carbocycles. The van der Waals surface area contributed by atoms with Gasteiger partial charge in [0.15, 0.2) is 0 Å². The van der Waals surface area contributed by atoms with Crippen molar-refractivity contribution in [2.45, 2.75) is 13.0 Å². The summed E-state index contributed by atoms with van der Waals surface area (Å²) in [5.41, 5.74) is 4.93. The number of benzene rings is 3. The zero-order valence-corrected chi connectivity index (χ0v) is 32.7. The predicted octanol–water partition coefficient (Wildman–Crippen LogP) is 0.966. The summed E-state index contributed by atoms with van der Waals surface area (Å²) >= 11 is 0. The molecule has 0 aliphatic carbocycles. The van der Waals surface area contributed by atoms with E-state index in [1.807, 2.05) is 155 Å². The van der Waals surface area contributed by atoms with E-state index in [-0.39, 0.29) is 24.8 Å². The number of rotatable bonds is 15. The lowest BCUT2D eigenvalue weighted by Crippen LogP contribution is -3.00. The Hall–Kier alpha value is -6.72. The number of nitrogens with one attached hydrogen (secondary N) is 4. The Bertz CT molecular complexity index is 2310. The van der Waals surface area contributed by atoms with Crippen LogP contribution in [0.25, 0.3) is 0 Å². The van der Waals surface area contributed by atoms with Crippen LogP contribution < -0.4 is 55.2 Å². The molecular weight excluding hydrogens is 753 g/mol. The molecule has 4 heterocycles. The lowest BCUT2D eigenvalue weighted by molar-refractivity contribution is -0.657. The van der Waals surface area contributed by atoms with E-state index in [4.69, 9.17) is 0 Å². The monoisotopic (exact) mass is 793 g/mol. The fourth-order valence-corrected chi connectivity index (χ4v) is 5.38. The zero-order chi connectivity index (χ0) is 37.3. The maximum atomic E-state index is 4.66. The molecule has 56 heavy (non-hydrogen) atoms. The van der Waals surface area contributed by atoms with E-state index >= 15 is 0 Å². The molecule has 0 saturated heterocycles. The smallest absolute Gasteiger partial charge is 0.421 e. The van der Waals surface area contributed by atoms with Crippen LogP contribution in [0.4, 0.5) is 63.9 Å². The maximum Gasteiger partial charge on any atom is 0.421 e. The van der Waals surface area contributed by atoms with E-state index in [2.05, 4.69) is 61.7 Å². The first-order valence-corrected chi connectivity index (χ1v) is 17.3. The average Bonchev–Trinajstić information content (AvgIpc) is 3.90. The predicted molar refractivity (Wildman–Crippen MR) is 206 cm³/mol. The van der Waals surface area contributed by atoms with E-state index in [1.54, 1.807) is 12.5 Å². The van der Waals surface area contributed by atoms with Crippen LogP contribution in [-0.2, 0) is 34.7 Å². The number of aryl methyl sites for hydroxylation is 5. The topological polar surface area (TPSA) is 172 Å². The zero-order valence-electron chi connectivity index (χ0n) is 31.2. The first kappa shape index (κ1) is 40.5. The summed E-state index contributed by atoms with van der Waals surface area (Å²) in [4.78, 5) is 18.1. The summed E-state index contributed by atoms with van der Waals surface area (Å²) in [6.45, 7) is 1.48. The third-order valence-corrected chi connectivity index (χ3v) is 8.29. The Morgan fingerprint density at radius 1 is 0.571 bits per heavy atom. The summed E-state index contributed by atoms with van der Waals surface area (Å²) in [5.74, 6) is 2.71. The van der Waals surface area contributed by atoms with Gasteiger partial charge >= 0.3 is 11.9 Å². The minimum atomic E-state index is 0. The number of aromatic nitrogens is 9. The van der Waals surface area contributed by atoms with Gasteiger partial charge in [0.2, 0.25) is 17.8 Å². The van der Waals surface area contributed by atoms with Crippen molar-refractivity contribution in [2.24, 2.45) is 48.6 Å². The van der Waals surface area contributed by atoms with Crippen LogP contribution in [-0.4, -0.2) is 40.2 Å². The van der Waals surface area contributed by atoms with Crippen molar-refractivity contribution in [1.82, 2.24) is 33.6 Å². The number of imidazole rings is 3. The Kier molecular flexibility index (Phi) is 13.8. The van der Waals surface area contributed by atoms with E-state index in [0.717, 1.165) is 59.0 Å². The molecular formula is C37H41Cl2N17. The lowest BCUT2D eigenvalue weighted by Gasteiger charge is -2.12. The molecule has 4 N–H and O–H groups in total. The van der Waals surface area contributed by atoms with Gasteiger partial charge in [-0.25, -0.2) is 23.3 Å². The molecule has 7 aromatic rings. The second-order valence-corrected chi connectivity index (χ2v) is 12.5. The molecule has 288 valence electrons. The van der Waals surface area contributed by atoms with Crippen molar-refractivity contribution in [3.8, 4) is 0 Å². The molecule has 0 radical (unpaired) electrons. The van der Waals surface area contributed by atoms with Crippen molar-refractivity contribution in [2.75, 3.05) is 27.8 Å². The van der Waals surface area contributed by atoms with Gasteiger partial charge in [-0.15, -0.1) is 0 Å². The molecule has 0 unspecified atom stereocenters. The summed E-state index contributed by atoms with van der Waals surface area (Å²) in [6.07, 6.45) is 14.1. The average molecular weight is 795 g/mol. The molecule has 0 atom stereocenters. The van der Waals surface area contributed by atoms with E-state index in [0.29, 0.717) is 24.4 Å². The molecule has 0 bridgehead atoms. The minimum Gasteiger partial charge on any atom is -1.00 e. The number of azo groups is 2. The number of anilines is 7. The van der Waals surface area contributed by atoms with Crippen molar-refractivity contribution in [1.29, 1.82) is 0 Å². The standard InChI is InChI=1S/C37H39N17.2ClH/c1-50-22-23-51(2)36(50)48-46-31-14-10-28(11-15-31)40-27-6-8-29(9-7-27)41-34-43-33(39-18-5-20-54-21-19-38-26-54)44-35(45-34)42-30-12-16-32(17-13-30)47-49-37-52(3)24-25-53(37)4;;/h6-17,19,21-26H,5,18,20H2,1-4H3,(H2,39,41,43,44,45,46);2*1H. The molecule has 0 spiro atoms. The molecule has 0 amide bonds. The Morgan fingerprint density at radius 3 is 1.45 bits per heavy atom. The first-order chi connectivity index (χ1) is 26.3. The highest BCUT2D eigenvalue weighted by molar-refractivity contribution is 5.66. The molecule has 0 aliphatic rings. The van der Waals surface area contributed by atoms with Crippen molar-refractivity contribution < 1.29 is 33.9 Å². The van der Waals surface area contributed by atoms with Crippen LogP contribution >= 0.6 is 0 Å². The van der Waals surface area contributed by atoms with Gasteiger partial charge < -0.3 is 50.6 Å². The summed E-state index contributed by atoms with van der Waals surface area (Å²) in [7, 11) is 7.73. The summed E-state index contributed by atoms with van der Waals surface area (Å²) in [6, 6.07) is 23.2. The van der Waals surface area contributed by atoms with Gasteiger partial charge in [0.05, 0.1) is 59.3 Å². The number of halogens is 2. The largest absolute Gasteiger partial charge is 1.00 e. The van der Waals surface area contributed by atoms with Crippen LogP contribution in [0.2, 0.25) is 0 Å². The Balaban J connectivity index is 0.00000300. The molecule has 19 heteroatoms. The lowest BCUT2D eigenvalue weighted by atomic mass is 10.2. The molecule has 17 nitrogen and oxygen atoms in total. The van der Waals surface area contributed by atoms with Gasteiger partial charge in [0.1, 0.15) is 11.4 Å². The van der Waals surface area contributed by atoms with Crippen LogP contribution in [0.15, 0.2) is 137 Å². The normalized spacial score (nSPS) is 11.0. The summed E-state index contributed by atoms with van der Waals surface area (Å²) < 4.78 is 9.67. The van der Waals surface area contributed by atoms with Gasteiger partial charge in [0.25, 0.3) is 0 Å². The molecule has 3 aromatic carbocycles. The highest BCUT2D eigenvalue weighted by Gasteiger charge is 2.12. The van der Waals surface area contributed by atoms with Crippen molar-refractivity contribution in [3.63, 3.8) is 0 Å². The number of hydrogen-bond donors (Lipinski definition) is 4. The second kappa shape index (κ2) is 19.0. The maximum absolute atomic E-state index is 4.66. The van der Waals surface area contributed by atoms with Crippen LogP contribution in [0.5, 0.6) is 0 Å². The van der Waals surface area contributed by atoms with Crippen LogP contribution in [0, 0.1) is 0 Å². The molecule has 0 aliphatic heterocycles. The fraction of sp³-hybridized carbons (Fsp3) is 0.189. The highest BCUT2D eigenvalue weighted by atomic mass is 35.5. The Morgan fingerprint density at radius 2 is 1.02 bits per heavy atom. The van der Waals surface area contributed by atoms with Crippen LogP contribution in [0.3, 0.4) is 0 Å². The quantitative estimate of drug-likeness (QED) is 0.0676.